The molecule has 0 bridgehead atoms. The number of nitrogens with one attached hydrogen (secondary N) is 1. The summed E-state index contributed by atoms with van der Waals surface area (Å²) < 4.78 is 51.2. The van der Waals surface area contributed by atoms with Gasteiger partial charge in [-0.1, -0.05) is 22.9 Å². The van der Waals surface area contributed by atoms with Crippen LogP contribution in [0.5, 0.6) is 11.5 Å². The summed E-state index contributed by atoms with van der Waals surface area (Å²) in [5.41, 5.74) is 1.90. The Hall–Kier alpha value is -3.69. The summed E-state index contributed by atoms with van der Waals surface area (Å²) in [7, 11) is 2.62. The molecule has 1 N–H and O–H groups in total. The normalized spacial score (nSPS) is 11.5. The minimum Gasteiger partial charge on any atom is -0.496 e. The van der Waals surface area contributed by atoms with Crippen molar-refractivity contribution in [1.29, 1.82) is 0 Å². The maximum atomic E-state index is 12.9. The fourth-order valence-electron chi connectivity index (χ4n) is 3.09. The Kier molecular flexibility index (Phi) is 7.86. The number of rotatable bonds is 7. The highest BCUT2D eigenvalue weighted by atomic mass is 35.5. The SMILES string of the molecule is COc1cc([N+](=O)[O-])c(OC)cc1-c1nc2sc(Cl)cn2c1/C=N/Nc1nccc(C(F)(F)F)n1.Cl. The van der Waals surface area contributed by atoms with Crippen molar-refractivity contribution in [2.24, 2.45) is 5.10 Å². The summed E-state index contributed by atoms with van der Waals surface area (Å²) in [4.78, 5) is 22.9. The van der Waals surface area contributed by atoms with Gasteiger partial charge in [-0.15, -0.1) is 12.4 Å². The van der Waals surface area contributed by atoms with Gasteiger partial charge in [-0.3, -0.25) is 14.5 Å². The number of nitro groups is 1. The van der Waals surface area contributed by atoms with Gasteiger partial charge in [0.05, 0.1) is 37.1 Å². The lowest BCUT2D eigenvalue weighted by Gasteiger charge is -2.10. The largest absolute Gasteiger partial charge is 0.496 e. The van der Waals surface area contributed by atoms with Crippen LogP contribution in [0.1, 0.15) is 11.4 Å². The van der Waals surface area contributed by atoms with Crippen LogP contribution in [0.25, 0.3) is 16.2 Å². The molecule has 3 heterocycles. The van der Waals surface area contributed by atoms with Crippen LogP contribution >= 0.6 is 35.3 Å². The second-order valence-electron chi connectivity index (χ2n) is 6.65. The number of halogens is 5. The van der Waals surface area contributed by atoms with Crippen molar-refractivity contribution in [3.63, 3.8) is 0 Å². The van der Waals surface area contributed by atoms with Crippen molar-refractivity contribution in [3.05, 3.63) is 56.4 Å². The minimum absolute atomic E-state index is 0. The molecule has 0 fully saturated rings. The van der Waals surface area contributed by atoms with Crippen LogP contribution in [0.2, 0.25) is 4.34 Å². The van der Waals surface area contributed by atoms with Crippen molar-refractivity contribution in [1.82, 2.24) is 19.4 Å². The van der Waals surface area contributed by atoms with Crippen LogP contribution in [0.3, 0.4) is 0 Å². The lowest BCUT2D eigenvalue weighted by atomic mass is 10.1. The number of anilines is 1. The first-order valence-electron chi connectivity index (χ1n) is 9.40. The van der Waals surface area contributed by atoms with Gasteiger partial charge in [0.15, 0.2) is 10.7 Å². The fourth-order valence-corrected chi connectivity index (χ4v) is 4.11. The van der Waals surface area contributed by atoms with E-state index in [1.54, 1.807) is 10.6 Å². The number of alkyl halides is 3. The number of benzene rings is 1. The van der Waals surface area contributed by atoms with Gasteiger partial charge in [0.2, 0.25) is 5.95 Å². The van der Waals surface area contributed by atoms with Gasteiger partial charge in [-0.2, -0.15) is 18.3 Å². The first-order valence-corrected chi connectivity index (χ1v) is 10.6. The lowest BCUT2D eigenvalue weighted by Crippen LogP contribution is -2.10. The molecule has 11 nitrogen and oxygen atoms in total. The summed E-state index contributed by atoms with van der Waals surface area (Å²) in [6.45, 7) is 0. The van der Waals surface area contributed by atoms with Crippen LogP contribution in [0.15, 0.2) is 35.7 Å². The second kappa shape index (κ2) is 10.5. The molecule has 190 valence electrons. The van der Waals surface area contributed by atoms with Gasteiger partial charge >= 0.3 is 11.9 Å². The van der Waals surface area contributed by atoms with Crippen molar-refractivity contribution in [2.75, 3.05) is 19.6 Å². The van der Waals surface area contributed by atoms with E-state index in [-0.39, 0.29) is 35.5 Å². The molecule has 0 aliphatic rings. The third-order valence-electron chi connectivity index (χ3n) is 4.59. The monoisotopic (exact) mass is 563 g/mol. The van der Waals surface area contributed by atoms with Gasteiger partial charge in [-0.05, 0) is 6.07 Å². The van der Waals surface area contributed by atoms with E-state index in [4.69, 9.17) is 21.1 Å². The van der Waals surface area contributed by atoms with Gasteiger partial charge in [0.25, 0.3) is 0 Å². The number of aromatic nitrogens is 4. The Bertz CT molecular complexity index is 1460. The highest BCUT2D eigenvalue weighted by Crippen LogP contribution is 2.41. The molecular formula is C19H14Cl2F3N7O4S. The number of nitro benzene ring substituents is 1. The molecule has 0 radical (unpaired) electrons. The van der Waals surface area contributed by atoms with E-state index < -0.39 is 16.8 Å². The second-order valence-corrected chi connectivity index (χ2v) is 8.29. The number of fused-ring (bicyclic) bond motifs is 1. The lowest BCUT2D eigenvalue weighted by molar-refractivity contribution is -0.385. The Morgan fingerprint density at radius 3 is 2.61 bits per heavy atom. The summed E-state index contributed by atoms with van der Waals surface area (Å²) in [5.74, 6) is -0.270. The molecule has 17 heteroatoms. The average Bonchev–Trinajstić information content (AvgIpc) is 3.34. The molecule has 0 aliphatic carbocycles. The maximum absolute atomic E-state index is 12.9. The highest BCUT2D eigenvalue weighted by Gasteiger charge is 2.32. The molecule has 36 heavy (non-hydrogen) atoms. The number of thiazole rings is 1. The summed E-state index contributed by atoms with van der Waals surface area (Å²) >= 11 is 7.25. The molecule has 0 spiro atoms. The number of ether oxygens (including phenoxy) is 2. The predicted octanol–water partition coefficient (Wildman–Crippen LogP) is 5.32. The van der Waals surface area contributed by atoms with E-state index >= 15 is 0 Å². The van der Waals surface area contributed by atoms with E-state index in [0.29, 0.717) is 26.2 Å². The molecule has 4 aromatic rings. The van der Waals surface area contributed by atoms with Crippen LogP contribution in [-0.4, -0.2) is 44.7 Å². The van der Waals surface area contributed by atoms with Crippen molar-refractivity contribution >= 4 is 58.2 Å². The molecule has 1 aromatic carbocycles. The topological polar surface area (TPSA) is 129 Å². The summed E-state index contributed by atoms with van der Waals surface area (Å²) in [6.07, 6.45) is -0.861. The molecular weight excluding hydrogens is 550 g/mol. The number of hydrogen-bond acceptors (Lipinski definition) is 10. The van der Waals surface area contributed by atoms with Crippen LogP contribution in [0.4, 0.5) is 24.8 Å². The molecule has 0 saturated carbocycles. The summed E-state index contributed by atoms with van der Waals surface area (Å²) in [5, 5.41) is 15.3. The van der Waals surface area contributed by atoms with E-state index in [0.717, 1.165) is 23.6 Å². The first kappa shape index (κ1) is 26.9. The fraction of sp³-hybridized carbons (Fsp3) is 0.158. The number of nitrogens with zero attached hydrogens (tertiary/aromatic N) is 6. The Balaban J connectivity index is 0.00000361. The third-order valence-corrected chi connectivity index (χ3v) is 5.69. The molecule has 0 unspecified atom stereocenters. The van der Waals surface area contributed by atoms with Gasteiger partial charge < -0.3 is 9.47 Å². The van der Waals surface area contributed by atoms with Gasteiger partial charge in [0, 0.05) is 24.0 Å². The van der Waals surface area contributed by atoms with Crippen molar-refractivity contribution in [3.8, 4) is 22.8 Å². The summed E-state index contributed by atoms with van der Waals surface area (Å²) in [6, 6.07) is 3.32. The zero-order valence-electron chi connectivity index (χ0n) is 18.1. The zero-order chi connectivity index (χ0) is 25.3. The highest BCUT2D eigenvalue weighted by molar-refractivity contribution is 7.20. The number of methoxy groups -OCH3 is 2. The molecule has 0 amide bonds. The molecule has 3 aromatic heterocycles. The Labute approximate surface area is 215 Å². The number of imidazole rings is 1. The van der Waals surface area contributed by atoms with Crippen LogP contribution in [0, 0.1) is 10.1 Å². The average molecular weight is 564 g/mol. The van der Waals surface area contributed by atoms with Crippen LogP contribution < -0.4 is 14.9 Å². The Morgan fingerprint density at radius 2 is 1.97 bits per heavy atom. The van der Waals surface area contributed by atoms with E-state index in [1.807, 2.05) is 0 Å². The zero-order valence-corrected chi connectivity index (χ0v) is 20.5. The quantitative estimate of drug-likeness (QED) is 0.182. The molecule has 4 rings (SSSR count). The number of hydrogen-bond donors (Lipinski definition) is 1. The van der Waals surface area contributed by atoms with Crippen molar-refractivity contribution < 1.29 is 27.6 Å². The maximum Gasteiger partial charge on any atom is 0.433 e. The predicted molar refractivity (Wildman–Crippen MR) is 129 cm³/mol. The van der Waals surface area contributed by atoms with E-state index in [1.165, 1.54) is 32.6 Å². The Morgan fingerprint density at radius 1 is 1.25 bits per heavy atom. The van der Waals surface area contributed by atoms with Crippen LogP contribution in [-0.2, 0) is 6.18 Å². The molecule has 0 atom stereocenters. The number of hydrazone groups is 1. The van der Waals surface area contributed by atoms with E-state index in [9.17, 15) is 23.3 Å². The van der Waals surface area contributed by atoms with Gasteiger partial charge in [0.1, 0.15) is 21.5 Å². The smallest absolute Gasteiger partial charge is 0.433 e. The molecule has 0 saturated heterocycles. The molecule has 0 aliphatic heterocycles. The van der Waals surface area contributed by atoms with Crippen molar-refractivity contribution in [2.45, 2.75) is 6.18 Å². The first-order chi connectivity index (χ1) is 16.6. The minimum atomic E-state index is -4.65. The third kappa shape index (κ3) is 5.27. The van der Waals surface area contributed by atoms with Gasteiger partial charge in [-0.25, -0.2) is 20.4 Å². The standard InChI is InChI=1S/C19H13ClF3N7O4S.ClH/c1-33-12-6-10(30(31)32)13(34-2)5-9(12)16-11(29-8-15(20)35-18(29)27-16)7-25-28-17-24-4-3-14(26-17)19(21,22)23;/h3-8H,1-2H3,(H,24,26,28);1H/b25-7+;. The van der Waals surface area contributed by atoms with E-state index in [2.05, 4.69) is 25.5 Å².